The molecule has 104 valence electrons. The van der Waals surface area contributed by atoms with E-state index in [2.05, 4.69) is 0 Å². The summed E-state index contributed by atoms with van der Waals surface area (Å²) in [6.07, 6.45) is 5.59. The number of hydrogen-bond donors (Lipinski definition) is 1. The number of aliphatic hydroxyl groups excluding tert-OH is 1. The summed E-state index contributed by atoms with van der Waals surface area (Å²) >= 11 is 6.04. The number of ether oxygens (including phenoxy) is 1. The van der Waals surface area contributed by atoms with Gasteiger partial charge in [0, 0.05) is 11.4 Å². The molecule has 0 aliphatic heterocycles. The number of benzene rings is 1. The van der Waals surface area contributed by atoms with Crippen molar-refractivity contribution >= 4 is 11.6 Å². The molecule has 0 aromatic heterocycles. The van der Waals surface area contributed by atoms with E-state index < -0.39 is 0 Å². The molecule has 1 N–H and O–H groups in total. The first-order valence-corrected chi connectivity index (χ1v) is 7.55. The zero-order valence-electron chi connectivity index (χ0n) is 11.3. The molecule has 0 heterocycles. The number of hydrogen-bond acceptors (Lipinski definition) is 2. The topological polar surface area (TPSA) is 29.5 Å². The number of halogens is 1. The second kappa shape index (κ2) is 5.34. The molecule has 0 saturated heterocycles. The van der Waals surface area contributed by atoms with Crippen LogP contribution in [0, 0.1) is 17.8 Å². The van der Waals surface area contributed by atoms with Crippen LogP contribution in [-0.2, 0) is 6.42 Å². The minimum Gasteiger partial charge on any atom is -0.496 e. The van der Waals surface area contributed by atoms with E-state index in [1.165, 1.54) is 25.7 Å². The molecule has 2 bridgehead atoms. The van der Waals surface area contributed by atoms with E-state index >= 15 is 0 Å². The highest BCUT2D eigenvalue weighted by Crippen LogP contribution is 2.50. The maximum absolute atomic E-state index is 10.5. The zero-order valence-corrected chi connectivity index (χ0v) is 12.1. The molecule has 0 amide bonds. The molecule has 1 aromatic rings. The van der Waals surface area contributed by atoms with Crippen LogP contribution in [0.3, 0.4) is 0 Å². The Hall–Kier alpha value is -0.730. The van der Waals surface area contributed by atoms with Gasteiger partial charge in [-0.1, -0.05) is 18.0 Å². The molecular formula is C16H21ClO2. The van der Waals surface area contributed by atoms with Crippen molar-refractivity contribution in [2.45, 2.75) is 38.2 Å². The van der Waals surface area contributed by atoms with Gasteiger partial charge in [0.15, 0.2) is 0 Å². The molecule has 2 aliphatic rings. The van der Waals surface area contributed by atoms with Gasteiger partial charge in [-0.3, -0.25) is 0 Å². The number of rotatable bonds is 4. The van der Waals surface area contributed by atoms with Crippen LogP contribution in [-0.4, -0.2) is 18.3 Å². The molecule has 0 spiro atoms. The van der Waals surface area contributed by atoms with Gasteiger partial charge in [0.1, 0.15) is 5.75 Å². The Bertz CT molecular complexity index is 460. The lowest BCUT2D eigenvalue weighted by molar-refractivity contribution is 0.0745. The third kappa shape index (κ3) is 2.61. The zero-order chi connectivity index (χ0) is 13.4. The second-order valence-corrected chi connectivity index (χ2v) is 6.50. The molecular weight excluding hydrogens is 260 g/mol. The smallest absolute Gasteiger partial charge is 0.122 e. The fourth-order valence-corrected chi connectivity index (χ4v) is 4.24. The highest BCUT2D eigenvalue weighted by atomic mass is 35.5. The van der Waals surface area contributed by atoms with Gasteiger partial charge < -0.3 is 9.84 Å². The average molecular weight is 281 g/mol. The van der Waals surface area contributed by atoms with Crippen LogP contribution in [0.25, 0.3) is 0 Å². The summed E-state index contributed by atoms with van der Waals surface area (Å²) in [6.45, 7) is 0. The molecule has 3 heteroatoms. The molecule has 2 fully saturated rings. The summed E-state index contributed by atoms with van der Waals surface area (Å²) in [5, 5.41) is 11.2. The fraction of sp³-hybridized carbons (Fsp3) is 0.625. The highest BCUT2D eigenvalue weighted by molar-refractivity contribution is 6.30. The Morgan fingerprint density at radius 3 is 2.84 bits per heavy atom. The van der Waals surface area contributed by atoms with Gasteiger partial charge >= 0.3 is 0 Å². The Kier molecular flexibility index (Phi) is 3.72. The molecule has 4 atom stereocenters. The Morgan fingerprint density at radius 2 is 2.21 bits per heavy atom. The summed E-state index contributed by atoms with van der Waals surface area (Å²) in [5.74, 6) is 2.91. The molecule has 0 radical (unpaired) electrons. The van der Waals surface area contributed by atoms with Gasteiger partial charge in [0.25, 0.3) is 0 Å². The number of aliphatic hydroxyl groups is 1. The van der Waals surface area contributed by atoms with Crippen LogP contribution >= 0.6 is 11.6 Å². The van der Waals surface area contributed by atoms with Crippen molar-refractivity contribution in [3.05, 3.63) is 28.8 Å². The monoisotopic (exact) mass is 280 g/mol. The first-order valence-electron chi connectivity index (χ1n) is 7.18. The SMILES string of the molecule is COc1ccc(Cl)cc1CC(O)C1CC2CCC1C2. The largest absolute Gasteiger partial charge is 0.496 e. The first kappa shape index (κ1) is 13.3. The molecule has 3 rings (SSSR count). The van der Waals surface area contributed by atoms with E-state index in [9.17, 15) is 5.11 Å². The van der Waals surface area contributed by atoms with Crippen molar-refractivity contribution in [2.75, 3.05) is 7.11 Å². The van der Waals surface area contributed by atoms with Crippen LogP contribution in [0.4, 0.5) is 0 Å². The van der Waals surface area contributed by atoms with E-state index in [0.717, 1.165) is 23.1 Å². The van der Waals surface area contributed by atoms with Crippen molar-refractivity contribution < 1.29 is 9.84 Å². The molecule has 2 nitrogen and oxygen atoms in total. The maximum atomic E-state index is 10.5. The quantitative estimate of drug-likeness (QED) is 0.911. The van der Waals surface area contributed by atoms with E-state index in [0.29, 0.717) is 17.4 Å². The summed E-state index contributed by atoms with van der Waals surface area (Å²) in [6, 6.07) is 5.62. The Morgan fingerprint density at radius 1 is 1.37 bits per heavy atom. The van der Waals surface area contributed by atoms with Crippen molar-refractivity contribution in [1.82, 2.24) is 0 Å². The fourth-order valence-electron chi connectivity index (χ4n) is 4.05. The van der Waals surface area contributed by atoms with E-state index in [1.54, 1.807) is 7.11 Å². The Balaban J connectivity index is 1.72. The lowest BCUT2D eigenvalue weighted by atomic mass is 9.82. The summed E-state index contributed by atoms with van der Waals surface area (Å²) in [5.41, 5.74) is 1.02. The van der Waals surface area contributed by atoms with Crippen molar-refractivity contribution in [1.29, 1.82) is 0 Å². The lowest BCUT2D eigenvalue weighted by Gasteiger charge is -2.27. The minimum atomic E-state index is -0.261. The standard InChI is InChI=1S/C16H21ClO2/c1-19-16-5-4-13(17)8-12(16)9-15(18)14-7-10-2-3-11(14)6-10/h4-5,8,10-11,14-15,18H,2-3,6-7,9H2,1H3. The summed E-state index contributed by atoms with van der Waals surface area (Å²) in [4.78, 5) is 0. The van der Waals surface area contributed by atoms with Gasteiger partial charge in [-0.2, -0.15) is 0 Å². The second-order valence-electron chi connectivity index (χ2n) is 6.07. The summed E-state index contributed by atoms with van der Waals surface area (Å²) < 4.78 is 5.36. The molecule has 4 unspecified atom stereocenters. The predicted molar refractivity (Wildman–Crippen MR) is 76.7 cm³/mol. The molecule has 2 saturated carbocycles. The van der Waals surface area contributed by atoms with Crippen molar-refractivity contribution in [3.8, 4) is 5.75 Å². The summed E-state index contributed by atoms with van der Waals surface area (Å²) in [7, 11) is 1.66. The minimum absolute atomic E-state index is 0.261. The lowest BCUT2D eigenvalue weighted by Crippen LogP contribution is -2.27. The van der Waals surface area contributed by atoms with Gasteiger partial charge in [0.05, 0.1) is 13.2 Å². The van der Waals surface area contributed by atoms with Gasteiger partial charge in [-0.15, -0.1) is 0 Å². The van der Waals surface area contributed by atoms with Crippen LogP contribution < -0.4 is 4.74 Å². The van der Waals surface area contributed by atoms with Crippen molar-refractivity contribution in [3.63, 3.8) is 0 Å². The van der Waals surface area contributed by atoms with E-state index in [1.807, 2.05) is 18.2 Å². The third-order valence-corrected chi connectivity index (χ3v) is 5.19. The number of fused-ring (bicyclic) bond motifs is 2. The molecule has 19 heavy (non-hydrogen) atoms. The van der Waals surface area contributed by atoms with E-state index in [-0.39, 0.29) is 6.10 Å². The van der Waals surface area contributed by atoms with Gasteiger partial charge in [-0.25, -0.2) is 0 Å². The van der Waals surface area contributed by atoms with E-state index in [4.69, 9.17) is 16.3 Å². The highest BCUT2D eigenvalue weighted by Gasteiger charge is 2.42. The van der Waals surface area contributed by atoms with Crippen LogP contribution in [0.15, 0.2) is 18.2 Å². The third-order valence-electron chi connectivity index (χ3n) is 4.96. The average Bonchev–Trinajstić information content (AvgIpc) is 3.01. The van der Waals surface area contributed by atoms with Crippen LogP contribution in [0.5, 0.6) is 5.75 Å². The predicted octanol–water partition coefficient (Wildman–Crippen LogP) is 3.69. The number of methoxy groups -OCH3 is 1. The van der Waals surface area contributed by atoms with Crippen LogP contribution in [0.2, 0.25) is 5.02 Å². The first-order chi connectivity index (χ1) is 9.17. The van der Waals surface area contributed by atoms with Crippen LogP contribution in [0.1, 0.15) is 31.2 Å². The molecule has 2 aliphatic carbocycles. The maximum Gasteiger partial charge on any atom is 0.122 e. The molecule has 1 aromatic carbocycles. The van der Waals surface area contributed by atoms with Crippen molar-refractivity contribution in [2.24, 2.45) is 17.8 Å². The van der Waals surface area contributed by atoms with Gasteiger partial charge in [0.2, 0.25) is 0 Å². The Labute approximate surface area is 119 Å². The van der Waals surface area contributed by atoms with Gasteiger partial charge in [-0.05, 0) is 60.8 Å². The normalized spacial score (nSPS) is 30.6.